The molecule has 0 aliphatic carbocycles. The third-order valence-electron chi connectivity index (χ3n) is 4.07. The van der Waals surface area contributed by atoms with Gasteiger partial charge in [0.1, 0.15) is 0 Å². The summed E-state index contributed by atoms with van der Waals surface area (Å²) in [4.78, 5) is 16.1. The minimum absolute atomic E-state index is 0. The van der Waals surface area contributed by atoms with Crippen LogP contribution >= 0.6 is 11.3 Å². The molecule has 0 saturated carbocycles. The summed E-state index contributed by atoms with van der Waals surface area (Å²) in [6.07, 6.45) is 5.55. The van der Waals surface area contributed by atoms with Gasteiger partial charge in [0.25, 0.3) is 5.91 Å². The molecule has 0 atom stereocenters. The van der Waals surface area contributed by atoms with E-state index in [2.05, 4.69) is 52.8 Å². The van der Waals surface area contributed by atoms with Crippen LogP contribution in [0.15, 0.2) is 36.4 Å². The Hall–Kier alpha value is 0.0264. The quantitative estimate of drug-likeness (QED) is 0.517. The summed E-state index contributed by atoms with van der Waals surface area (Å²) in [5, 5.41) is 0. The van der Waals surface area contributed by atoms with Crippen molar-refractivity contribution in [1.82, 2.24) is 4.90 Å². The van der Waals surface area contributed by atoms with E-state index in [1.54, 1.807) is 18.3 Å². The molecular formula is C25H38KNOS-2. The second-order valence-electron chi connectivity index (χ2n) is 6.58. The van der Waals surface area contributed by atoms with E-state index < -0.39 is 0 Å². The Balaban J connectivity index is 0. The topological polar surface area (TPSA) is 20.3 Å². The average molecular weight is 440 g/mol. The number of aryl methyl sites for hydroxylation is 3. The number of amides is 1. The van der Waals surface area contributed by atoms with Gasteiger partial charge in [0, 0.05) is 18.0 Å². The van der Waals surface area contributed by atoms with Crippen LogP contribution in [0.2, 0.25) is 0 Å². The molecule has 0 N–H and O–H groups in total. The van der Waals surface area contributed by atoms with Crippen molar-refractivity contribution < 1.29 is 56.2 Å². The van der Waals surface area contributed by atoms with Gasteiger partial charge >= 0.3 is 51.4 Å². The Labute approximate surface area is 226 Å². The molecule has 2 heterocycles. The fourth-order valence-corrected chi connectivity index (χ4v) is 3.62. The molecule has 1 saturated heterocycles. The van der Waals surface area contributed by atoms with Gasteiger partial charge in [-0.1, -0.05) is 35.9 Å². The second-order valence-corrected chi connectivity index (χ2v) is 7.84. The zero-order chi connectivity index (χ0) is 21.4. The van der Waals surface area contributed by atoms with Crippen LogP contribution in [0, 0.1) is 41.5 Å². The Kier molecular flexibility index (Phi) is 21.5. The van der Waals surface area contributed by atoms with Crippen LogP contribution in [0.5, 0.6) is 0 Å². The van der Waals surface area contributed by atoms with Crippen LogP contribution < -0.4 is 51.4 Å². The number of benzene rings is 1. The molecule has 1 fully saturated rings. The predicted octanol–water partition coefficient (Wildman–Crippen LogP) is 4.27. The number of likely N-dealkylation sites (tertiary alicyclic amines) is 1. The largest absolute Gasteiger partial charge is 1.00 e. The van der Waals surface area contributed by atoms with Crippen LogP contribution in [0.4, 0.5) is 0 Å². The first kappa shape index (κ1) is 31.2. The van der Waals surface area contributed by atoms with Crippen LogP contribution in [0.3, 0.4) is 0 Å². The molecule has 1 aromatic heterocycles. The van der Waals surface area contributed by atoms with E-state index >= 15 is 0 Å². The predicted molar refractivity (Wildman–Crippen MR) is 126 cm³/mol. The van der Waals surface area contributed by atoms with Gasteiger partial charge in [-0.25, -0.2) is 0 Å². The molecule has 1 aliphatic heterocycles. The normalized spacial score (nSPS) is 11.6. The van der Waals surface area contributed by atoms with Crippen molar-refractivity contribution in [3.63, 3.8) is 0 Å². The number of carbonyl (C=O) groups excluding carboxylic acids is 1. The van der Waals surface area contributed by atoms with Gasteiger partial charge in [-0.05, 0) is 45.2 Å². The summed E-state index contributed by atoms with van der Waals surface area (Å²) in [5.74, 6) is 0.234. The molecular weight excluding hydrogens is 401 g/mol. The van der Waals surface area contributed by atoms with E-state index in [1.807, 2.05) is 30.0 Å². The molecule has 4 heteroatoms. The smallest absolute Gasteiger partial charge is 0.346 e. The molecule has 3 rings (SSSR count). The minimum Gasteiger partial charge on any atom is -0.346 e. The fourth-order valence-electron chi connectivity index (χ4n) is 2.63. The van der Waals surface area contributed by atoms with E-state index in [9.17, 15) is 4.79 Å². The minimum atomic E-state index is 0. The molecule has 0 bridgehead atoms. The Morgan fingerprint density at radius 2 is 1.52 bits per heavy atom. The fraction of sp³-hybridized carbons (Fsp3) is 0.440. The number of thiophene rings is 1. The van der Waals surface area contributed by atoms with Crippen molar-refractivity contribution in [2.75, 3.05) is 13.1 Å². The summed E-state index contributed by atoms with van der Waals surface area (Å²) in [5.41, 5.74) is 2.45. The molecule has 158 valence electrons. The molecule has 1 aromatic carbocycles. The second kappa shape index (κ2) is 20.0. The van der Waals surface area contributed by atoms with Gasteiger partial charge in [0.05, 0.1) is 4.88 Å². The number of hydrogen-bond acceptors (Lipinski definition) is 2. The summed E-state index contributed by atoms with van der Waals surface area (Å²) < 4.78 is 0. The standard InChI is InChI=1S/C11H15NOS.C7H8.C5H10.C2H5.K/c1-8-7-9(2)14-10(8)11(13)12-5-3-4-6-12;1-7-5-3-2-4-6-7;1-3-5-4-2;1-2;/h7H,3-6H2,1-2H3;2-6H,1H3;1-5H2;1H2,2H3;/q;;-2;-1;+1. The number of unbranched alkanes of at least 4 members (excludes halogenated alkanes) is 2. The molecule has 29 heavy (non-hydrogen) atoms. The van der Waals surface area contributed by atoms with Crippen LogP contribution in [0.1, 0.15) is 64.7 Å². The van der Waals surface area contributed by atoms with Gasteiger partial charge in [-0.2, -0.15) is 19.8 Å². The number of hydrogen-bond donors (Lipinski definition) is 0. The third-order valence-corrected chi connectivity index (χ3v) is 5.21. The van der Waals surface area contributed by atoms with E-state index in [1.165, 1.54) is 16.9 Å². The van der Waals surface area contributed by atoms with Crippen molar-refractivity contribution in [3.05, 3.63) is 78.1 Å². The van der Waals surface area contributed by atoms with Gasteiger partial charge < -0.3 is 25.7 Å². The van der Waals surface area contributed by atoms with Crippen molar-refractivity contribution in [2.45, 2.75) is 59.8 Å². The number of nitrogens with zero attached hydrogens (tertiary/aromatic N) is 1. The Morgan fingerprint density at radius 1 is 1.00 bits per heavy atom. The zero-order valence-corrected chi connectivity index (χ0v) is 23.2. The van der Waals surface area contributed by atoms with Gasteiger partial charge in [-0.3, -0.25) is 4.79 Å². The van der Waals surface area contributed by atoms with E-state index in [-0.39, 0.29) is 57.3 Å². The maximum atomic E-state index is 12.0. The third kappa shape index (κ3) is 13.8. The SMILES string of the molecule is Cc1cc(C)c(C(=O)N2CCCC2)s1.Cc1ccccc1.[CH2-]C.[CH2-]CCC[CH2-].[K+]. The maximum Gasteiger partial charge on any atom is 1.00 e. The van der Waals surface area contributed by atoms with Crippen molar-refractivity contribution >= 4 is 17.2 Å². The van der Waals surface area contributed by atoms with Crippen molar-refractivity contribution in [3.8, 4) is 0 Å². The molecule has 0 spiro atoms. The molecule has 0 radical (unpaired) electrons. The first-order chi connectivity index (χ1) is 13.5. The van der Waals surface area contributed by atoms with E-state index in [0.717, 1.165) is 49.2 Å². The summed E-state index contributed by atoms with van der Waals surface area (Å²) in [6.45, 7) is 20.3. The van der Waals surface area contributed by atoms with E-state index in [4.69, 9.17) is 0 Å². The van der Waals surface area contributed by atoms with Gasteiger partial charge in [0.2, 0.25) is 0 Å². The summed E-state index contributed by atoms with van der Waals surface area (Å²) in [7, 11) is 0. The number of rotatable bonds is 3. The van der Waals surface area contributed by atoms with Crippen LogP contribution in [0.25, 0.3) is 0 Å². The van der Waals surface area contributed by atoms with Gasteiger partial charge in [-0.15, -0.1) is 17.8 Å². The average Bonchev–Trinajstić information content (AvgIpc) is 3.35. The Morgan fingerprint density at radius 3 is 1.83 bits per heavy atom. The van der Waals surface area contributed by atoms with Crippen molar-refractivity contribution in [2.24, 2.45) is 0 Å². The first-order valence-corrected chi connectivity index (χ1v) is 11.0. The first-order valence-electron chi connectivity index (χ1n) is 10.2. The van der Waals surface area contributed by atoms with E-state index in [0.29, 0.717) is 0 Å². The molecule has 1 aliphatic rings. The molecule has 0 unspecified atom stereocenters. The monoisotopic (exact) mass is 439 g/mol. The summed E-state index contributed by atoms with van der Waals surface area (Å²) >= 11 is 1.62. The zero-order valence-electron chi connectivity index (χ0n) is 19.3. The Bertz CT molecular complexity index is 632. The van der Waals surface area contributed by atoms with Crippen molar-refractivity contribution in [1.29, 1.82) is 0 Å². The van der Waals surface area contributed by atoms with Crippen LogP contribution in [-0.2, 0) is 0 Å². The molecule has 2 aromatic rings. The van der Waals surface area contributed by atoms with Gasteiger partial charge in [0.15, 0.2) is 0 Å². The number of carbonyl (C=O) groups is 1. The maximum absolute atomic E-state index is 12.0. The summed E-state index contributed by atoms with van der Waals surface area (Å²) in [6, 6.07) is 12.4. The molecule has 2 nitrogen and oxygen atoms in total. The molecule has 1 amide bonds. The van der Waals surface area contributed by atoms with Crippen LogP contribution in [-0.4, -0.2) is 23.9 Å².